The van der Waals surface area contributed by atoms with Crippen LogP contribution in [0.5, 0.6) is 11.5 Å². The van der Waals surface area contributed by atoms with E-state index >= 15 is 0 Å². The van der Waals surface area contributed by atoms with Crippen molar-refractivity contribution in [1.82, 2.24) is 9.97 Å². The number of nitrogens with zero attached hydrogens (tertiary/aromatic N) is 2. The van der Waals surface area contributed by atoms with Crippen LogP contribution in [0.4, 0.5) is 5.69 Å². The molecule has 2 aromatic rings. The molecule has 1 aromatic heterocycles. The third-order valence-electron chi connectivity index (χ3n) is 5.57. The summed E-state index contributed by atoms with van der Waals surface area (Å²) in [6.07, 6.45) is 7.64. The molecule has 0 atom stereocenters. The van der Waals surface area contributed by atoms with Gasteiger partial charge in [0, 0.05) is 36.6 Å². The van der Waals surface area contributed by atoms with E-state index in [0.717, 1.165) is 30.6 Å². The molecule has 1 amide bonds. The fraction of sp³-hybridized carbons (Fsp3) is 0.435. The number of benzene rings is 1. The molecular formula is C23H28N4O4. The first-order valence-corrected chi connectivity index (χ1v) is 10.6. The van der Waals surface area contributed by atoms with E-state index in [0.29, 0.717) is 24.3 Å². The summed E-state index contributed by atoms with van der Waals surface area (Å²) in [5, 5.41) is 12.7. The zero-order valence-electron chi connectivity index (χ0n) is 17.8. The van der Waals surface area contributed by atoms with Crippen LogP contribution in [-0.4, -0.2) is 38.8 Å². The van der Waals surface area contributed by atoms with Gasteiger partial charge in [-0.3, -0.25) is 4.79 Å². The number of aromatic nitrogens is 2. The highest BCUT2D eigenvalue weighted by atomic mass is 16.5. The number of fused-ring (bicyclic) bond motifs is 1. The van der Waals surface area contributed by atoms with Gasteiger partial charge in [0.15, 0.2) is 5.82 Å². The third kappa shape index (κ3) is 4.80. The SMILES string of the molecule is CC1(C)Cc2cc(NC(=O)C(=CN)c3ncccn3)c(OC3CCC(O)CC3)cc2O1. The second kappa shape index (κ2) is 8.55. The van der Waals surface area contributed by atoms with Gasteiger partial charge in [-0.25, -0.2) is 9.97 Å². The maximum Gasteiger partial charge on any atom is 0.261 e. The molecule has 0 bridgehead atoms. The third-order valence-corrected chi connectivity index (χ3v) is 5.57. The van der Waals surface area contributed by atoms with Gasteiger partial charge in [-0.15, -0.1) is 0 Å². The van der Waals surface area contributed by atoms with Gasteiger partial charge in [0.2, 0.25) is 0 Å². The van der Waals surface area contributed by atoms with Gasteiger partial charge in [0.1, 0.15) is 17.1 Å². The minimum atomic E-state index is -0.421. The molecule has 164 valence electrons. The van der Waals surface area contributed by atoms with Crippen LogP contribution in [-0.2, 0) is 11.2 Å². The number of aliphatic hydroxyl groups is 1. The summed E-state index contributed by atoms with van der Waals surface area (Å²) in [5.74, 6) is 1.12. The Hall–Kier alpha value is -3.13. The van der Waals surface area contributed by atoms with E-state index in [2.05, 4.69) is 15.3 Å². The van der Waals surface area contributed by atoms with Crippen molar-refractivity contribution in [2.45, 2.75) is 63.8 Å². The predicted molar refractivity (Wildman–Crippen MR) is 117 cm³/mol. The van der Waals surface area contributed by atoms with E-state index in [1.807, 2.05) is 26.0 Å². The lowest BCUT2D eigenvalue weighted by Crippen LogP contribution is -2.27. The second-order valence-corrected chi connectivity index (χ2v) is 8.65. The monoisotopic (exact) mass is 424 g/mol. The molecule has 1 aliphatic heterocycles. The molecule has 8 nitrogen and oxygen atoms in total. The van der Waals surface area contributed by atoms with E-state index in [-0.39, 0.29) is 29.2 Å². The number of hydrogen-bond donors (Lipinski definition) is 3. The summed E-state index contributed by atoms with van der Waals surface area (Å²) < 4.78 is 12.3. The molecule has 0 radical (unpaired) electrons. The largest absolute Gasteiger partial charge is 0.488 e. The van der Waals surface area contributed by atoms with Gasteiger partial charge < -0.3 is 25.6 Å². The molecule has 1 aromatic carbocycles. The van der Waals surface area contributed by atoms with Gasteiger partial charge in [-0.1, -0.05) is 0 Å². The summed E-state index contributed by atoms with van der Waals surface area (Å²) in [6, 6.07) is 5.41. The van der Waals surface area contributed by atoms with Crippen molar-refractivity contribution in [3.8, 4) is 11.5 Å². The van der Waals surface area contributed by atoms with Crippen LogP contribution in [0.25, 0.3) is 5.57 Å². The van der Waals surface area contributed by atoms with Crippen molar-refractivity contribution >= 4 is 17.2 Å². The number of carbonyl (C=O) groups excluding carboxylic acids is 1. The highest BCUT2D eigenvalue weighted by Crippen LogP contribution is 2.42. The average Bonchev–Trinajstić information content (AvgIpc) is 3.04. The average molecular weight is 425 g/mol. The van der Waals surface area contributed by atoms with Crippen LogP contribution < -0.4 is 20.5 Å². The first kappa shape index (κ1) is 21.1. The fourth-order valence-electron chi connectivity index (χ4n) is 4.05. The lowest BCUT2D eigenvalue weighted by molar-refractivity contribution is -0.111. The van der Waals surface area contributed by atoms with Crippen molar-refractivity contribution in [2.24, 2.45) is 5.73 Å². The molecule has 0 spiro atoms. The van der Waals surface area contributed by atoms with Gasteiger partial charge in [0.05, 0.1) is 23.5 Å². The molecule has 31 heavy (non-hydrogen) atoms. The minimum absolute atomic E-state index is 0.0338. The molecule has 1 aliphatic carbocycles. The highest BCUT2D eigenvalue weighted by Gasteiger charge is 2.32. The minimum Gasteiger partial charge on any atom is -0.488 e. The Bertz CT molecular complexity index is 983. The summed E-state index contributed by atoms with van der Waals surface area (Å²) in [5.41, 5.74) is 7.11. The summed E-state index contributed by atoms with van der Waals surface area (Å²) in [6.45, 7) is 4.05. The quantitative estimate of drug-likeness (QED) is 0.631. The maximum absolute atomic E-state index is 13.0. The van der Waals surface area contributed by atoms with Crippen LogP contribution in [0, 0.1) is 0 Å². The molecule has 2 aliphatic rings. The Kier molecular flexibility index (Phi) is 5.82. The smallest absolute Gasteiger partial charge is 0.261 e. The molecule has 0 unspecified atom stereocenters. The van der Waals surface area contributed by atoms with Crippen LogP contribution in [0.15, 0.2) is 36.8 Å². The van der Waals surface area contributed by atoms with E-state index in [1.165, 1.54) is 6.20 Å². The van der Waals surface area contributed by atoms with Crippen molar-refractivity contribution in [2.75, 3.05) is 5.32 Å². The van der Waals surface area contributed by atoms with Gasteiger partial charge in [-0.05, 0) is 51.7 Å². The Morgan fingerprint density at radius 2 is 1.97 bits per heavy atom. The molecule has 1 saturated carbocycles. The molecule has 2 heterocycles. The number of anilines is 1. The molecule has 4 rings (SSSR count). The van der Waals surface area contributed by atoms with Gasteiger partial charge in [0.25, 0.3) is 5.91 Å². The molecule has 0 saturated heterocycles. The summed E-state index contributed by atoms with van der Waals surface area (Å²) >= 11 is 0. The normalized spacial score (nSPS) is 22.4. The molecule has 4 N–H and O–H groups in total. The van der Waals surface area contributed by atoms with Crippen molar-refractivity contribution in [1.29, 1.82) is 0 Å². The molecule has 1 fully saturated rings. The Morgan fingerprint density at radius 1 is 1.26 bits per heavy atom. The van der Waals surface area contributed by atoms with E-state index in [1.54, 1.807) is 18.5 Å². The van der Waals surface area contributed by atoms with E-state index in [9.17, 15) is 9.90 Å². The standard InChI is InChI=1S/C23H28N4O4/c1-23(2)12-14-10-18(27-22(29)17(13-24)21-25-8-3-9-26-21)20(11-19(14)31-23)30-16-6-4-15(28)5-7-16/h3,8-11,13,15-16,28H,4-7,12,24H2,1-2H3,(H,27,29). The molecule has 8 heteroatoms. The number of ether oxygens (including phenoxy) is 2. The number of carbonyl (C=O) groups is 1. The van der Waals surface area contributed by atoms with Gasteiger partial charge in [-0.2, -0.15) is 0 Å². The molecular weight excluding hydrogens is 396 g/mol. The van der Waals surface area contributed by atoms with Crippen LogP contribution >= 0.6 is 0 Å². The first-order chi connectivity index (χ1) is 14.8. The van der Waals surface area contributed by atoms with Crippen LogP contribution in [0.3, 0.4) is 0 Å². The Balaban J connectivity index is 1.61. The number of nitrogens with one attached hydrogen (secondary N) is 1. The maximum atomic E-state index is 13.0. The number of rotatable bonds is 5. The lowest BCUT2D eigenvalue weighted by Gasteiger charge is -2.27. The topological polar surface area (TPSA) is 120 Å². The van der Waals surface area contributed by atoms with Crippen LogP contribution in [0.2, 0.25) is 0 Å². The zero-order valence-corrected chi connectivity index (χ0v) is 17.8. The van der Waals surface area contributed by atoms with Crippen LogP contribution in [0.1, 0.15) is 50.9 Å². The Labute approximate surface area is 181 Å². The number of aliphatic hydroxyl groups excluding tert-OH is 1. The lowest BCUT2D eigenvalue weighted by atomic mass is 9.95. The summed E-state index contributed by atoms with van der Waals surface area (Å²) in [4.78, 5) is 21.2. The van der Waals surface area contributed by atoms with E-state index in [4.69, 9.17) is 15.2 Å². The Morgan fingerprint density at radius 3 is 2.65 bits per heavy atom. The van der Waals surface area contributed by atoms with E-state index < -0.39 is 5.91 Å². The zero-order chi connectivity index (χ0) is 22.0. The second-order valence-electron chi connectivity index (χ2n) is 8.65. The fourth-order valence-corrected chi connectivity index (χ4v) is 4.05. The van der Waals surface area contributed by atoms with Crippen molar-refractivity contribution < 1.29 is 19.4 Å². The number of nitrogens with two attached hydrogens (primary N) is 1. The highest BCUT2D eigenvalue weighted by molar-refractivity contribution is 6.24. The van der Waals surface area contributed by atoms with Gasteiger partial charge >= 0.3 is 0 Å². The summed E-state index contributed by atoms with van der Waals surface area (Å²) in [7, 11) is 0. The van der Waals surface area contributed by atoms with Crippen molar-refractivity contribution in [3.63, 3.8) is 0 Å². The number of hydrogen-bond acceptors (Lipinski definition) is 7. The first-order valence-electron chi connectivity index (χ1n) is 10.6. The predicted octanol–water partition coefficient (Wildman–Crippen LogP) is 2.81. The van der Waals surface area contributed by atoms with Crippen molar-refractivity contribution in [3.05, 3.63) is 48.2 Å². The number of amides is 1.